The third kappa shape index (κ3) is 4.16. The van der Waals surface area contributed by atoms with E-state index in [0.29, 0.717) is 30.3 Å². The van der Waals surface area contributed by atoms with Gasteiger partial charge in [0.2, 0.25) is 0 Å². The molecular formula is C24H20FN7O2. The first-order valence-corrected chi connectivity index (χ1v) is 10.4. The first kappa shape index (κ1) is 21.1. The summed E-state index contributed by atoms with van der Waals surface area (Å²) in [5.41, 5.74) is 9.53. The molecule has 0 unspecified atom stereocenters. The molecule has 4 N–H and O–H groups in total. The van der Waals surface area contributed by atoms with Crippen molar-refractivity contribution in [3.05, 3.63) is 95.7 Å². The highest BCUT2D eigenvalue weighted by molar-refractivity contribution is 5.92. The highest BCUT2D eigenvalue weighted by atomic mass is 19.1. The van der Waals surface area contributed by atoms with E-state index in [1.54, 1.807) is 59.4 Å². The molecule has 0 radical (unpaired) electrons. The molecule has 0 atom stereocenters. The fourth-order valence-corrected chi connectivity index (χ4v) is 3.79. The minimum atomic E-state index is -0.621. The lowest BCUT2D eigenvalue weighted by molar-refractivity contribution is 0.0995. The van der Waals surface area contributed by atoms with Crippen LogP contribution >= 0.6 is 0 Å². The second-order valence-corrected chi connectivity index (χ2v) is 7.76. The molecule has 10 heteroatoms. The van der Waals surface area contributed by atoms with Crippen molar-refractivity contribution in [3.63, 3.8) is 0 Å². The lowest BCUT2D eigenvalue weighted by atomic mass is 10.1. The smallest absolute Gasteiger partial charge is 0.269 e. The summed E-state index contributed by atoms with van der Waals surface area (Å²) in [6.45, 7) is 1.18. The summed E-state index contributed by atoms with van der Waals surface area (Å²) in [7, 11) is 0. The zero-order valence-electron chi connectivity index (χ0n) is 17.9. The number of nitrogens with one attached hydrogen (secondary N) is 1. The van der Waals surface area contributed by atoms with Crippen molar-refractivity contribution in [2.45, 2.75) is 13.1 Å². The van der Waals surface area contributed by atoms with Crippen LogP contribution in [0.5, 0.6) is 5.75 Å². The molecule has 5 aromatic rings. The number of carbonyl (C=O) groups excluding carboxylic acids is 1. The summed E-state index contributed by atoms with van der Waals surface area (Å²) in [6, 6.07) is 16.9. The van der Waals surface area contributed by atoms with E-state index in [-0.39, 0.29) is 11.5 Å². The number of nitrogens with zero attached hydrogens (tertiary/aromatic N) is 5. The number of fused-ring (bicyclic) bond motifs is 2. The monoisotopic (exact) mass is 457 g/mol. The minimum absolute atomic E-state index is 0.135. The normalized spacial score (nSPS) is 12.3. The number of H-pyrrole nitrogens is 1. The number of rotatable bonds is 3. The van der Waals surface area contributed by atoms with Crippen LogP contribution in [0.25, 0.3) is 16.9 Å². The molecule has 0 spiro atoms. The summed E-state index contributed by atoms with van der Waals surface area (Å²) in [4.78, 5) is 18.2. The van der Waals surface area contributed by atoms with Crippen LogP contribution in [0, 0.1) is 5.82 Å². The topological polar surface area (TPSA) is 125 Å². The standard InChI is InChI=1S/C18H14FN7O.C6H6O/c19-13-2-1-10-8-25(9-11(10)3-13)16-5-15(12-6-21-22-7-12)26-17(23-16)4-14(24-26)18(20)27;7-6-4-2-1-3-5-6/h1-7H,8-9H2,(H2,20,27)(H,21,22);1-5,7H. The molecule has 1 aliphatic heterocycles. The molecule has 170 valence electrons. The molecule has 9 nitrogen and oxygen atoms in total. The van der Waals surface area contributed by atoms with Crippen molar-refractivity contribution in [3.8, 4) is 17.0 Å². The van der Waals surface area contributed by atoms with Gasteiger partial charge in [0, 0.05) is 37.0 Å². The molecule has 3 aromatic heterocycles. The molecule has 2 aromatic carbocycles. The zero-order chi connectivity index (χ0) is 23.7. The molecule has 34 heavy (non-hydrogen) atoms. The number of primary amides is 1. The van der Waals surface area contributed by atoms with E-state index in [0.717, 1.165) is 22.4 Å². The van der Waals surface area contributed by atoms with Crippen LogP contribution in [0.15, 0.2) is 73.1 Å². The van der Waals surface area contributed by atoms with Crippen molar-refractivity contribution in [2.75, 3.05) is 4.90 Å². The molecule has 0 fully saturated rings. The second kappa shape index (κ2) is 8.66. The molecule has 1 amide bonds. The van der Waals surface area contributed by atoms with Crippen molar-refractivity contribution >= 4 is 17.4 Å². The Hall–Kier alpha value is -4.73. The highest BCUT2D eigenvalue weighted by Gasteiger charge is 2.23. The third-order valence-electron chi connectivity index (χ3n) is 5.43. The van der Waals surface area contributed by atoms with E-state index < -0.39 is 5.91 Å². The molecule has 1 aliphatic rings. The summed E-state index contributed by atoms with van der Waals surface area (Å²) >= 11 is 0. The van der Waals surface area contributed by atoms with Gasteiger partial charge in [-0.15, -0.1) is 0 Å². The summed E-state index contributed by atoms with van der Waals surface area (Å²) in [5.74, 6) is 0.151. The first-order valence-electron chi connectivity index (χ1n) is 10.4. The molecule has 0 bridgehead atoms. The number of phenols is 1. The van der Waals surface area contributed by atoms with Crippen molar-refractivity contribution in [2.24, 2.45) is 5.73 Å². The Morgan fingerprint density at radius 3 is 2.53 bits per heavy atom. The van der Waals surface area contributed by atoms with Crippen LogP contribution in [0.3, 0.4) is 0 Å². The number of hydrogen-bond donors (Lipinski definition) is 3. The Morgan fingerprint density at radius 1 is 1.06 bits per heavy atom. The Balaban J connectivity index is 0.000000297. The van der Waals surface area contributed by atoms with Crippen molar-refractivity contribution in [1.29, 1.82) is 0 Å². The maximum Gasteiger partial charge on any atom is 0.269 e. The maximum atomic E-state index is 13.5. The van der Waals surface area contributed by atoms with Gasteiger partial charge in [-0.25, -0.2) is 13.9 Å². The summed E-state index contributed by atoms with van der Waals surface area (Å²) in [5, 5.41) is 19.6. The Bertz CT molecular complexity index is 1470. The molecular weight excluding hydrogens is 437 g/mol. The number of halogens is 1. The van der Waals surface area contributed by atoms with Crippen LogP contribution < -0.4 is 10.6 Å². The third-order valence-corrected chi connectivity index (χ3v) is 5.43. The molecule has 4 heterocycles. The highest BCUT2D eigenvalue weighted by Crippen LogP contribution is 2.31. The fraction of sp³-hybridized carbons (Fsp3) is 0.0833. The van der Waals surface area contributed by atoms with Gasteiger partial charge in [0.1, 0.15) is 17.4 Å². The molecule has 0 aliphatic carbocycles. The lowest BCUT2D eigenvalue weighted by Gasteiger charge is -2.17. The van der Waals surface area contributed by atoms with Crippen molar-refractivity contribution < 1.29 is 14.3 Å². The summed E-state index contributed by atoms with van der Waals surface area (Å²) < 4.78 is 15.1. The van der Waals surface area contributed by atoms with Crippen LogP contribution in [0.1, 0.15) is 21.6 Å². The number of carbonyl (C=O) groups is 1. The van der Waals surface area contributed by atoms with Gasteiger partial charge < -0.3 is 15.7 Å². The van der Waals surface area contributed by atoms with Gasteiger partial charge >= 0.3 is 0 Å². The number of nitrogens with two attached hydrogens (primary N) is 1. The van der Waals surface area contributed by atoms with Gasteiger partial charge in [0.15, 0.2) is 11.3 Å². The quantitative estimate of drug-likeness (QED) is 0.382. The van der Waals surface area contributed by atoms with Gasteiger partial charge in [-0.3, -0.25) is 9.89 Å². The summed E-state index contributed by atoms with van der Waals surface area (Å²) in [6.07, 6.45) is 3.40. The van der Waals surface area contributed by atoms with E-state index in [1.165, 1.54) is 6.07 Å². The molecule has 6 rings (SSSR count). The minimum Gasteiger partial charge on any atom is -0.508 e. The number of aromatic hydroxyl groups is 1. The van der Waals surface area contributed by atoms with Crippen LogP contribution in [0.2, 0.25) is 0 Å². The van der Waals surface area contributed by atoms with E-state index in [9.17, 15) is 9.18 Å². The van der Waals surface area contributed by atoms with E-state index in [2.05, 4.69) is 20.3 Å². The number of anilines is 1. The van der Waals surface area contributed by atoms with Gasteiger partial charge in [-0.1, -0.05) is 24.3 Å². The number of amides is 1. The fourth-order valence-electron chi connectivity index (χ4n) is 3.79. The lowest BCUT2D eigenvalue weighted by Crippen LogP contribution is -2.17. The Kier molecular flexibility index (Phi) is 5.38. The first-order chi connectivity index (χ1) is 16.5. The predicted molar refractivity (Wildman–Crippen MR) is 123 cm³/mol. The zero-order valence-corrected chi connectivity index (χ0v) is 17.9. The number of hydrogen-bond acceptors (Lipinski definition) is 6. The number of aromatic nitrogens is 5. The van der Waals surface area contributed by atoms with Gasteiger partial charge in [-0.05, 0) is 35.4 Å². The number of aromatic amines is 1. The number of benzene rings is 2. The van der Waals surface area contributed by atoms with E-state index in [4.69, 9.17) is 10.8 Å². The average molecular weight is 457 g/mol. The van der Waals surface area contributed by atoms with Gasteiger partial charge in [-0.2, -0.15) is 10.2 Å². The van der Waals surface area contributed by atoms with Crippen LogP contribution in [0.4, 0.5) is 10.2 Å². The van der Waals surface area contributed by atoms with Crippen LogP contribution in [-0.4, -0.2) is 35.8 Å². The van der Waals surface area contributed by atoms with Gasteiger partial charge in [0.05, 0.1) is 11.9 Å². The van der Waals surface area contributed by atoms with Gasteiger partial charge in [0.25, 0.3) is 5.91 Å². The average Bonchev–Trinajstić information content (AvgIpc) is 3.58. The Labute approximate surface area is 193 Å². The van der Waals surface area contributed by atoms with Crippen molar-refractivity contribution in [1.82, 2.24) is 24.8 Å². The van der Waals surface area contributed by atoms with E-state index >= 15 is 0 Å². The number of para-hydroxylation sites is 1. The Morgan fingerprint density at radius 2 is 1.85 bits per heavy atom. The van der Waals surface area contributed by atoms with Crippen LogP contribution in [-0.2, 0) is 13.1 Å². The number of phenolic OH excluding ortho intramolecular Hbond substituents is 1. The SMILES string of the molecule is NC(=O)c1cc2nc(N3Cc4ccc(F)cc4C3)cc(-c3cn[nH]c3)n2n1.Oc1ccccc1. The molecule has 0 saturated heterocycles. The maximum absolute atomic E-state index is 13.5. The predicted octanol–water partition coefficient (Wildman–Crippen LogP) is 3.27. The van der Waals surface area contributed by atoms with E-state index in [1.807, 2.05) is 17.0 Å². The largest absolute Gasteiger partial charge is 0.508 e. The molecule has 0 saturated carbocycles. The second-order valence-electron chi connectivity index (χ2n) is 7.76.